The number of carbonyl (C=O) groups is 1. The zero-order valence-corrected chi connectivity index (χ0v) is 9.76. The van der Waals surface area contributed by atoms with E-state index in [1.165, 1.54) is 0 Å². The normalized spacial score (nSPS) is 39.8. The van der Waals surface area contributed by atoms with E-state index in [9.17, 15) is 4.79 Å². The Kier molecular flexibility index (Phi) is 4.32. The summed E-state index contributed by atoms with van der Waals surface area (Å²) in [7, 11) is 1.68. The van der Waals surface area contributed by atoms with Gasteiger partial charge in [-0.3, -0.25) is 0 Å². The summed E-state index contributed by atoms with van der Waals surface area (Å²) in [6.07, 6.45) is 4.97. The van der Waals surface area contributed by atoms with Crippen LogP contribution in [0, 0.1) is 11.8 Å². The van der Waals surface area contributed by atoms with Crippen molar-refractivity contribution in [1.29, 1.82) is 0 Å². The van der Waals surface area contributed by atoms with Crippen LogP contribution in [0.4, 0.5) is 0 Å². The van der Waals surface area contributed by atoms with Crippen molar-refractivity contribution in [3.8, 4) is 0 Å². The van der Waals surface area contributed by atoms with Crippen molar-refractivity contribution in [1.82, 2.24) is 0 Å². The van der Waals surface area contributed by atoms with E-state index in [0.717, 1.165) is 32.0 Å². The maximum atomic E-state index is 10.9. The highest BCUT2D eigenvalue weighted by atomic mass is 16.7. The third-order valence-corrected chi connectivity index (χ3v) is 3.55. The number of rotatable bonds is 4. The van der Waals surface area contributed by atoms with Crippen LogP contribution in [-0.2, 0) is 19.0 Å². The highest BCUT2D eigenvalue weighted by Gasteiger charge is 2.37. The van der Waals surface area contributed by atoms with Crippen LogP contribution in [0.5, 0.6) is 0 Å². The van der Waals surface area contributed by atoms with E-state index in [1.54, 1.807) is 7.11 Å². The lowest BCUT2D eigenvalue weighted by Gasteiger charge is -2.34. The van der Waals surface area contributed by atoms with Crippen LogP contribution < -0.4 is 0 Å². The maximum Gasteiger partial charge on any atom is 0.161 e. The van der Waals surface area contributed by atoms with E-state index in [1.807, 2.05) is 0 Å². The molecule has 0 amide bonds. The van der Waals surface area contributed by atoms with Gasteiger partial charge in [-0.25, -0.2) is 0 Å². The molecule has 0 radical (unpaired) electrons. The second-order valence-corrected chi connectivity index (χ2v) is 4.64. The molecule has 4 heteroatoms. The lowest BCUT2D eigenvalue weighted by molar-refractivity contribution is -0.245. The van der Waals surface area contributed by atoms with Crippen LogP contribution in [0.2, 0.25) is 0 Å². The molecule has 0 aromatic rings. The highest BCUT2D eigenvalue weighted by Crippen LogP contribution is 2.36. The molecule has 0 bridgehead atoms. The molecule has 1 aliphatic heterocycles. The smallest absolute Gasteiger partial charge is 0.161 e. The molecule has 0 aromatic carbocycles. The zero-order valence-electron chi connectivity index (χ0n) is 9.76. The average Bonchev–Trinajstić information content (AvgIpc) is 2.78. The van der Waals surface area contributed by atoms with E-state index in [2.05, 4.69) is 0 Å². The molecule has 0 N–H and O–H groups in total. The fraction of sp³-hybridized carbons (Fsp3) is 0.917. The summed E-state index contributed by atoms with van der Waals surface area (Å²) < 4.78 is 16.6. The standard InChI is InChI=1S/C12H20O4/c1-14-8-10-5-6-15-12(16-10)11-4-2-3-9(11)7-13/h7,9-12H,2-6,8H2,1H3. The molecule has 4 atom stereocenters. The number of hydrogen-bond acceptors (Lipinski definition) is 4. The molecule has 0 spiro atoms. The average molecular weight is 228 g/mol. The molecular formula is C12H20O4. The van der Waals surface area contributed by atoms with E-state index < -0.39 is 0 Å². The van der Waals surface area contributed by atoms with Gasteiger partial charge in [0.2, 0.25) is 0 Å². The number of ether oxygens (including phenoxy) is 3. The van der Waals surface area contributed by atoms with Gasteiger partial charge >= 0.3 is 0 Å². The molecule has 1 saturated carbocycles. The van der Waals surface area contributed by atoms with Gasteiger partial charge in [-0.2, -0.15) is 0 Å². The van der Waals surface area contributed by atoms with Crippen molar-refractivity contribution in [3.05, 3.63) is 0 Å². The molecule has 4 nitrogen and oxygen atoms in total. The Hall–Kier alpha value is -0.450. The first-order chi connectivity index (χ1) is 7.85. The summed E-state index contributed by atoms with van der Waals surface area (Å²) in [5.74, 6) is 0.364. The fourth-order valence-corrected chi connectivity index (χ4v) is 2.67. The topological polar surface area (TPSA) is 44.8 Å². The first-order valence-corrected chi connectivity index (χ1v) is 6.06. The van der Waals surface area contributed by atoms with Gasteiger partial charge in [0.25, 0.3) is 0 Å². The number of carbonyl (C=O) groups excluding carboxylic acids is 1. The highest BCUT2D eigenvalue weighted by molar-refractivity contribution is 5.54. The van der Waals surface area contributed by atoms with Crippen LogP contribution in [0.1, 0.15) is 25.7 Å². The van der Waals surface area contributed by atoms with Crippen LogP contribution in [0.25, 0.3) is 0 Å². The molecule has 2 fully saturated rings. The molecule has 2 rings (SSSR count). The van der Waals surface area contributed by atoms with E-state index in [-0.39, 0.29) is 24.2 Å². The Labute approximate surface area is 96.2 Å². The first-order valence-electron chi connectivity index (χ1n) is 6.06. The molecule has 4 unspecified atom stereocenters. The molecule has 0 aromatic heterocycles. The van der Waals surface area contributed by atoms with Crippen molar-refractivity contribution in [2.75, 3.05) is 20.3 Å². The number of aldehydes is 1. The Morgan fingerprint density at radius 3 is 3.00 bits per heavy atom. The third-order valence-electron chi connectivity index (χ3n) is 3.55. The fourth-order valence-electron chi connectivity index (χ4n) is 2.67. The lowest BCUT2D eigenvalue weighted by atomic mass is 9.96. The van der Waals surface area contributed by atoms with Crippen molar-refractivity contribution in [2.24, 2.45) is 11.8 Å². The Bertz CT molecular complexity index is 229. The predicted octanol–water partition coefficient (Wildman–Crippen LogP) is 1.38. The molecule has 92 valence electrons. The van der Waals surface area contributed by atoms with E-state index in [0.29, 0.717) is 13.2 Å². The van der Waals surface area contributed by atoms with Crippen LogP contribution in [0.15, 0.2) is 0 Å². The van der Waals surface area contributed by atoms with Gasteiger partial charge in [-0.05, 0) is 19.3 Å². The predicted molar refractivity (Wildman–Crippen MR) is 58.0 cm³/mol. The number of methoxy groups -OCH3 is 1. The molecule has 1 heterocycles. The molecule has 1 aliphatic carbocycles. The third kappa shape index (κ3) is 2.62. The van der Waals surface area contributed by atoms with E-state index in [4.69, 9.17) is 14.2 Å². The summed E-state index contributed by atoms with van der Waals surface area (Å²) in [5, 5.41) is 0. The quantitative estimate of drug-likeness (QED) is 0.682. The summed E-state index contributed by atoms with van der Waals surface area (Å²) in [6, 6.07) is 0. The summed E-state index contributed by atoms with van der Waals surface area (Å²) in [4.78, 5) is 10.9. The van der Waals surface area contributed by atoms with Gasteiger partial charge in [-0.1, -0.05) is 6.42 Å². The second kappa shape index (κ2) is 5.75. The summed E-state index contributed by atoms with van der Waals surface area (Å²) >= 11 is 0. The lowest BCUT2D eigenvalue weighted by Crippen LogP contribution is -2.40. The van der Waals surface area contributed by atoms with Gasteiger partial charge in [0.05, 0.1) is 19.3 Å². The Morgan fingerprint density at radius 2 is 2.25 bits per heavy atom. The zero-order chi connectivity index (χ0) is 11.4. The summed E-state index contributed by atoms with van der Waals surface area (Å²) in [5.41, 5.74) is 0. The van der Waals surface area contributed by atoms with Crippen LogP contribution in [-0.4, -0.2) is 39.0 Å². The second-order valence-electron chi connectivity index (χ2n) is 4.64. The Balaban J connectivity index is 1.90. The maximum absolute atomic E-state index is 10.9. The summed E-state index contributed by atoms with van der Waals surface area (Å²) in [6.45, 7) is 1.32. The van der Waals surface area contributed by atoms with Gasteiger partial charge in [0.15, 0.2) is 6.29 Å². The van der Waals surface area contributed by atoms with Crippen molar-refractivity contribution in [3.63, 3.8) is 0 Å². The monoisotopic (exact) mass is 228 g/mol. The molecule has 1 saturated heterocycles. The molecular weight excluding hydrogens is 208 g/mol. The largest absolute Gasteiger partial charge is 0.382 e. The minimum absolute atomic E-state index is 0.117. The minimum Gasteiger partial charge on any atom is -0.382 e. The first kappa shape index (κ1) is 12.0. The molecule has 2 aliphatic rings. The van der Waals surface area contributed by atoms with Gasteiger partial charge in [0, 0.05) is 18.9 Å². The van der Waals surface area contributed by atoms with Crippen LogP contribution in [0.3, 0.4) is 0 Å². The number of hydrogen-bond donors (Lipinski definition) is 0. The van der Waals surface area contributed by atoms with Crippen molar-refractivity contribution >= 4 is 6.29 Å². The van der Waals surface area contributed by atoms with Crippen molar-refractivity contribution in [2.45, 2.75) is 38.1 Å². The van der Waals surface area contributed by atoms with Gasteiger partial charge in [-0.15, -0.1) is 0 Å². The van der Waals surface area contributed by atoms with E-state index >= 15 is 0 Å². The van der Waals surface area contributed by atoms with Gasteiger partial charge < -0.3 is 19.0 Å². The van der Waals surface area contributed by atoms with Crippen LogP contribution >= 0.6 is 0 Å². The molecule has 16 heavy (non-hydrogen) atoms. The SMILES string of the molecule is COCC1CCOC(C2CCCC2C=O)O1. The Morgan fingerprint density at radius 1 is 1.38 bits per heavy atom. The van der Waals surface area contributed by atoms with Gasteiger partial charge in [0.1, 0.15) is 6.29 Å². The minimum atomic E-state index is -0.202. The van der Waals surface area contributed by atoms with Crippen molar-refractivity contribution < 1.29 is 19.0 Å².